The average Bonchev–Trinajstić information content (AvgIpc) is 2.62. The van der Waals surface area contributed by atoms with E-state index in [0.717, 1.165) is 37.8 Å². The summed E-state index contributed by atoms with van der Waals surface area (Å²) in [7, 11) is -2.21. The molecule has 0 saturated heterocycles. The molecule has 9 heteroatoms. The number of halogens is 2. The highest BCUT2D eigenvalue weighted by Crippen LogP contribution is 2.23. The predicted molar refractivity (Wildman–Crippen MR) is 106 cm³/mol. The Balaban J connectivity index is 0.00000364. The summed E-state index contributed by atoms with van der Waals surface area (Å²) in [5, 5.41) is 3.04. The largest absolute Gasteiger partial charge is 0.353 e. The summed E-state index contributed by atoms with van der Waals surface area (Å²) < 4.78 is 39.0. The predicted octanol–water partition coefficient (Wildman–Crippen LogP) is 2.28. The van der Waals surface area contributed by atoms with Crippen molar-refractivity contribution < 1.29 is 17.6 Å². The van der Waals surface area contributed by atoms with Crippen LogP contribution in [-0.4, -0.2) is 44.8 Å². The molecular formula is C18H29ClFN3O3S. The first-order valence-electron chi connectivity index (χ1n) is 9.06. The fourth-order valence-electron chi connectivity index (χ4n) is 3.33. The molecule has 1 fully saturated rings. The van der Waals surface area contributed by atoms with Gasteiger partial charge in [0.2, 0.25) is 15.9 Å². The smallest absolute Gasteiger partial charge is 0.242 e. The Kier molecular flexibility index (Phi) is 9.66. The molecule has 0 spiro atoms. The summed E-state index contributed by atoms with van der Waals surface area (Å²) in [5.41, 5.74) is 5.77. The first-order chi connectivity index (χ1) is 12.3. The van der Waals surface area contributed by atoms with Gasteiger partial charge in [0.1, 0.15) is 5.82 Å². The number of nitrogens with two attached hydrogens (primary N) is 1. The molecule has 0 aromatic heterocycles. The summed E-state index contributed by atoms with van der Waals surface area (Å²) in [4.78, 5) is 12.2. The van der Waals surface area contributed by atoms with Gasteiger partial charge in [0, 0.05) is 26.1 Å². The molecule has 1 amide bonds. The van der Waals surface area contributed by atoms with E-state index >= 15 is 0 Å². The van der Waals surface area contributed by atoms with Gasteiger partial charge >= 0.3 is 0 Å². The lowest BCUT2D eigenvalue weighted by Gasteiger charge is -2.31. The first-order valence-corrected chi connectivity index (χ1v) is 10.5. The van der Waals surface area contributed by atoms with Crippen LogP contribution in [0.5, 0.6) is 0 Å². The molecule has 1 aromatic rings. The molecule has 1 aliphatic carbocycles. The van der Waals surface area contributed by atoms with Crippen LogP contribution in [0.4, 0.5) is 4.39 Å². The van der Waals surface area contributed by atoms with Crippen molar-refractivity contribution in [1.82, 2.24) is 9.62 Å². The number of nitrogens with one attached hydrogen (secondary N) is 1. The van der Waals surface area contributed by atoms with Crippen LogP contribution in [0.15, 0.2) is 29.2 Å². The third-order valence-electron chi connectivity index (χ3n) is 4.96. The fourth-order valence-corrected chi connectivity index (χ4v) is 4.54. The Bertz CT molecular complexity index is 700. The molecule has 0 heterocycles. The maximum absolute atomic E-state index is 13.0. The quantitative estimate of drug-likeness (QED) is 0.673. The van der Waals surface area contributed by atoms with Crippen LogP contribution in [0.25, 0.3) is 0 Å². The molecule has 27 heavy (non-hydrogen) atoms. The van der Waals surface area contributed by atoms with Gasteiger partial charge in [0.25, 0.3) is 0 Å². The topological polar surface area (TPSA) is 92.5 Å². The third-order valence-corrected chi connectivity index (χ3v) is 6.83. The average molecular weight is 422 g/mol. The van der Waals surface area contributed by atoms with E-state index in [1.165, 1.54) is 23.5 Å². The number of hydrogen-bond donors (Lipinski definition) is 2. The molecule has 2 atom stereocenters. The molecule has 3 N–H and O–H groups in total. The minimum absolute atomic E-state index is 0. The Morgan fingerprint density at radius 1 is 1.26 bits per heavy atom. The second-order valence-electron chi connectivity index (χ2n) is 6.84. The molecule has 0 aliphatic heterocycles. The first kappa shape index (κ1) is 23.8. The number of sulfonamides is 1. The van der Waals surface area contributed by atoms with Crippen LogP contribution in [0.3, 0.4) is 0 Å². The van der Waals surface area contributed by atoms with Crippen LogP contribution >= 0.6 is 12.4 Å². The van der Waals surface area contributed by atoms with Crippen molar-refractivity contribution in [1.29, 1.82) is 0 Å². The maximum Gasteiger partial charge on any atom is 0.242 e. The van der Waals surface area contributed by atoms with Crippen molar-refractivity contribution in [3.63, 3.8) is 0 Å². The summed E-state index contributed by atoms with van der Waals surface area (Å²) in [6, 6.07) is 4.84. The van der Waals surface area contributed by atoms with Gasteiger partial charge in [-0.25, -0.2) is 17.1 Å². The zero-order valence-electron chi connectivity index (χ0n) is 15.6. The zero-order chi connectivity index (χ0) is 19.2. The van der Waals surface area contributed by atoms with Crippen molar-refractivity contribution in [3.8, 4) is 0 Å². The van der Waals surface area contributed by atoms with Crippen LogP contribution in [0, 0.1) is 11.7 Å². The molecule has 1 aromatic carbocycles. The molecule has 2 unspecified atom stereocenters. The minimum atomic E-state index is -3.68. The molecular weight excluding hydrogens is 393 g/mol. The number of carbonyl (C=O) groups excluding carboxylic acids is 1. The van der Waals surface area contributed by atoms with Crippen LogP contribution < -0.4 is 11.1 Å². The number of hydrogen-bond acceptors (Lipinski definition) is 4. The van der Waals surface area contributed by atoms with Gasteiger partial charge in [-0.15, -0.1) is 12.4 Å². The van der Waals surface area contributed by atoms with E-state index in [1.807, 2.05) is 0 Å². The lowest BCUT2D eigenvalue weighted by Crippen LogP contribution is -2.44. The van der Waals surface area contributed by atoms with E-state index in [1.54, 1.807) is 0 Å². The van der Waals surface area contributed by atoms with Gasteiger partial charge < -0.3 is 11.1 Å². The van der Waals surface area contributed by atoms with Crippen LogP contribution in [0.2, 0.25) is 0 Å². The van der Waals surface area contributed by atoms with E-state index in [2.05, 4.69) is 5.32 Å². The van der Waals surface area contributed by atoms with Crippen molar-refractivity contribution in [2.75, 3.05) is 20.1 Å². The van der Waals surface area contributed by atoms with Crippen LogP contribution in [-0.2, 0) is 14.8 Å². The molecule has 0 radical (unpaired) electrons. The SMILES string of the molecule is CN(CCCC(=O)NC1CCCCC1CN)S(=O)(=O)c1ccc(F)cc1.Cl. The van der Waals surface area contributed by atoms with Gasteiger partial charge in [0.15, 0.2) is 0 Å². The molecule has 1 saturated carbocycles. The fraction of sp³-hybridized carbons (Fsp3) is 0.611. The Hall–Kier alpha value is -1.22. The monoisotopic (exact) mass is 421 g/mol. The number of benzene rings is 1. The minimum Gasteiger partial charge on any atom is -0.353 e. The highest BCUT2D eigenvalue weighted by molar-refractivity contribution is 7.89. The van der Waals surface area contributed by atoms with E-state index in [9.17, 15) is 17.6 Å². The van der Waals surface area contributed by atoms with E-state index in [-0.39, 0.29) is 42.2 Å². The summed E-state index contributed by atoms with van der Waals surface area (Å²) in [6.45, 7) is 0.793. The number of amides is 1. The zero-order valence-corrected chi connectivity index (χ0v) is 17.2. The number of nitrogens with zero attached hydrogens (tertiary/aromatic N) is 1. The lowest BCUT2D eigenvalue weighted by atomic mass is 9.84. The maximum atomic E-state index is 13.0. The van der Waals surface area contributed by atoms with E-state index in [0.29, 0.717) is 18.9 Å². The Labute approximate surface area is 167 Å². The number of rotatable bonds is 8. The third kappa shape index (κ3) is 6.71. The molecule has 1 aliphatic rings. The Morgan fingerprint density at radius 3 is 2.52 bits per heavy atom. The van der Waals surface area contributed by atoms with Gasteiger partial charge in [0.05, 0.1) is 4.90 Å². The van der Waals surface area contributed by atoms with Gasteiger partial charge in [-0.05, 0) is 56.0 Å². The second kappa shape index (κ2) is 10.9. The normalized spacial score (nSPS) is 20.1. The van der Waals surface area contributed by atoms with Gasteiger partial charge in [-0.3, -0.25) is 4.79 Å². The molecule has 2 rings (SSSR count). The van der Waals surface area contributed by atoms with Gasteiger partial charge in [-0.1, -0.05) is 12.8 Å². The van der Waals surface area contributed by atoms with Crippen molar-refractivity contribution >= 4 is 28.3 Å². The van der Waals surface area contributed by atoms with Crippen molar-refractivity contribution in [2.24, 2.45) is 11.7 Å². The molecule has 6 nitrogen and oxygen atoms in total. The molecule has 0 bridgehead atoms. The Morgan fingerprint density at radius 2 is 1.89 bits per heavy atom. The highest BCUT2D eigenvalue weighted by Gasteiger charge is 2.25. The van der Waals surface area contributed by atoms with Crippen molar-refractivity contribution in [2.45, 2.75) is 49.5 Å². The summed E-state index contributed by atoms with van der Waals surface area (Å²) in [6.07, 6.45) is 4.92. The van der Waals surface area contributed by atoms with Crippen molar-refractivity contribution in [3.05, 3.63) is 30.1 Å². The van der Waals surface area contributed by atoms with Crippen LogP contribution in [0.1, 0.15) is 38.5 Å². The van der Waals surface area contributed by atoms with Gasteiger partial charge in [-0.2, -0.15) is 0 Å². The standard InChI is InChI=1S/C18H28FN3O3S.ClH/c1-22(26(24,25)16-10-8-15(19)9-11-16)12-4-7-18(23)21-17-6-3-2-5-14(17)13-20;/h8-11,14,17H,2-7,12-13,20H2,1H3,(H,21,23);1H. The van der Waals surface area contributed by atoms with E-state index in [4.69, 9.17) is 5.73 Å². The van der Waals surface area contributed by atoms with E-state index < -0.39 is 15.8 Å². The molecule has 154 valence electrons. The second-order valence-corrected chi connectivity index (χ2v) is 8.88. The summed E-state index contributed by atoms with van der Waals surface area (Å²) in [5.74, 6) is -0.223. The highest BCUT2D eigenvalue weighted by atomic mass is 35.5. The summed E-state index contributed by atoms with van der Waals surface area (Å²) >= 11 is 0. The lowest BCUT2D eigenvalue weighted by molar-refractivity contribution is -0.122. The number of carbonyl (C=O) groups is 1.